The molecule has 106 valence electrons. The highest BCUT2D eigenvalue weighted by Crippen LogP contribution is 2.50. The van der Waals surface area contributed by atoms with Gasteiger partial charge in [0.15, 0.2) is 0 Å². The standard InChI is InChI=1S/C15H18N2O3/c1-10-7-11-9-15(8-10,14(19)20-2)17(11)13(18)12-5-3-4-6-16-12/h3-6,10-11H,7-9H2,1-2H3/t10-,11?,15+/m1/s1. The van der Waals surface area contributed by atoms with Gasteiger partial charge in [-0.05, 0) is 30.9 Å². The number of fused-ring (bicyclic) bond motifs is 2. The minimum Gasteiger partial charge on any atom is -0.467 e. The Morgan fingerprint density at radius 2 is 2.20 bits per heavy atom. The summed E-state index contributed by atoms with van der Waals surface area (Å²) in [5, 5.41) is 0. The van der Waals surface area contributed by atoms with Gasteiger partial charge in [0.1, 0.15) is 11.2 Å². The van der Waals surface area contributed by atoms with Crippen molar-refractivity contribution in [2.75, 3.05) is 7.11 Å². The van der Waals surface area contributed by atoms with Crippen LogP contribution >= 0.6 is 0 Å². The lowest BCUT2D eigenvalue weighted by Gasteiger charge is -2.61. The highest BCUT2D eigenvalue weighted by molar-refractivity contribution is 5.98. The molecule has 0 N–H and O–H groups in total. The van der Waals surface area contributed by atoms with Crippen LogP contribution in [-0.2, 0) is 9.53 Å². The SMILES string of the molecule is COC(=O)[C@@]12CC(C[C@@H](C)C1)N2C(=O)c1ccccn1. The lowest BCUT2D eigenvalue weighted by Crippen LogP contribution is -2.75. The van der Waals surface area contributed by atoms with E-state index < -0.39 is 5.54 Å². The van der Waals surface area contributed by atoms with Gasteiger partial charge in [0.25, 0.3) is 5.91 Å². The summed E-state index contributed by atoms with van der Waals surface area (Å²) >= 11 is 0. The number of ether oxygens (including phenoxy) is 1. The number of carbonyl (C=O) groups excluding carboxylic acids is 2. The van der Waals surface area contributed by atoms with E-state index in [-0.39, 0.29) is 17.9 Å². The van der Waals surface area contributed by atoms with Gasteiger partial charge in [-0.3, -0.25) is 9.78 Å². The number of esters is 1. The summed E-state index contributed by atoms with van der Waals surface area (Å²) in [4.78, 5) is 30.6. The predicted octanol–water partition coefficient (Wildman–Crippen LogP) is 1.64. The molecule has 1 unspecified atom stereocenters. The van der Waals surface area contributed by atoms with Crippen molar-refractivity contribution in [2.24, 2.45) is 5.92 Å². The van der Waals surface area contributed by atoms with Crippen LogP contribution in [0, 0.1) is 5.92 Å². The number of hydrogen-bond donors (Lipinski definition) is 0. The molecule has 3 rings (SSSR count). The van der Waals surface area contributed by atoms with Crippen LogP contribution in [-0.4, -0.2) is 40.5 Å². The number of nitrogens with zero attached hydrogens (tertiary/aromatic N) is 2. The van der Waals surface area contributed by atoms with Crippen molar-refractivity contribution >= 4 is 11.9 Å². The zero-order valence-corrected chi connectivity index (χ0v) is 11.7. The third-order valence-electron chi connectivity index (χ3n) is 4.43. The fourth-order valence-corrected chi connectivity index (χ4v) is 3.74. The van der Waals surface area contributed by atoms with E-state index in [9.17, 15) is 9.59 Å². The topological polar surface area (TPSA) is 59.5 Å². The Hall–Kier alpha value is -1.91. The molecule has 1 aliphatic heterocycles. The van der Waals surface area contributed by atoms with Crippen LogP contribution < -0.4 is 0 Å². The summed E-state index contributed by atoms with van der Waals surface area (Å²) < 4.78 is 4.94. The summed E-state index contributed by atoms with van der Waals surface area (Å²) in [5.74, 6) is -0.0376. The molecular formula is C15H18N2O3. The highest BCUT2D eigenvalue weighted by Gasteiger charge is 2.63. The Morgan fingerprint density at radius 3 is 2.85 bits per heavy atom. The van der Waals surface area contributed by atoms with Crippen molar-refractivity contribution in [3.05, 3.63) is 30.1 Å². The number of methoxy groups -OCH3 is 1. The van der Waals surface area contributed by atoms with Gasteiger partial charge in [-0.15, -0.1) is 0 Å². The minimum atomic E-state index is -0.772. The second kappa shape index (κ2) is 4.58. The summed E-state index contributed by atoms with van der Waals surface area (Å²) in [5.41, 5.74) is -0.383. The van der Waals surface area contributed by atoms with Gasteiger partial charge in [-0.1, -0.05) is 13.0 Å². The number of pyridine rings is 1. The van der Waals surface area contributed by atoms with Gasteiger partial charge in [0.05, 0.1) is 7.11 Å². The first-order valence-electron chi connectivity index (χ1n) is 6.91. The molecule has 2 bridgehead atoms. The van der Waals surface area contributed by atoms with Crippen LogP contribution in [0.4, 0.5) is 0 Å². The lowest BCUT2D eigenvalue weighted by molar-refractivity contribution is -0.178. The number of carbonyl (C=O) groups is 2. The average Bonchev–Trinajstić information content (AvgIpc) is 2.46. The minimum absolute atomic E-state index is 0.132. The van der Waals surface area contributed by atoms with Gasteiger partial charge < -0.3 is 9.64 Å². The fraction of sp³-hybridized carbons (Fsp3) is 0.533. The molecule has 3 atom stereocenters. The van der Waals surface area contributed by atoms with Crippen LogP contribution in [0.2, 0.25) is 0 Å². The largest absolute Gasteiger partial charge is 0.467 e. The maximum absolute atomic E-state index is 12.6. The molecular weight excluding hydrogens is 256 g/mol. The quantitative estimate of drug-likeness (QED) is 0.769. The summed E-state index contributed by atoms with van der Waals surface area (Å²) in [7, 11) is 1.38. The van der Waals surface area contributed by atoms with E-state index in [0.717, 1.165) is 6.42 Å². The molecule has 1 aliphatic carbocycles. The van der Waals surface area contributed by atoms with E-state index in [1.165, 1.54) is 7.11 Å². The molecule has 2 aliphatic rings. The van der Waals surface area contributed by atoms with Gasteiger partial charge in [-0.25, -0.2) is 4.79 Å². The van der Waals surface area contributed by atoms with Gasteiger partial charge in [0.2, 0.25) is 0 Å². The molecule has 5 nitrogen and oxygen atoms in total. The molecule has 1 amide bonds. The summed E-state index contributed by atoms with van der Waals surface area (Å²) in [6, 6.07) is 5.37. The third-order valence-corrected chi connectivity index (χ3v) is 4.43. The number of likely N-dealkylation sites (tertiary alicyclic amines) is 1. The third kappa shape index (κ3) is 1.72. The summed E-state index contributed by atoms with van der Waals surface area (Å²) in [6.07, 6.45) is 3.92. The molecule has 2 fully saturated rings. The Labute approximate surface area is 117 Å². The van der Waals surface area contributed by atoms with E-state index in [4.69, 9.17) is 4.74 Å². The molecule has 1 saturated carbocycles. The predicted molar refractivity (Wildman–Crippen MR) is 72.0 cm³/mol. The second-order valence-corrected chi connectivity index (χ2v) is 5.82. The highest BCUT2D eigenvalue weighted by atomic mass is 16.5. The van der Waals surface area contributed by atoms with Crippen molar-refractivity contribution < 1.29 is 14.3 Å². The van der Waals surface area contributed by atoms with Crippen LogP contribution in [0.1, 0.15) is 36.7 Å². The van der Waals surface area contributed by atoms with Crippen LogP contribution in [0.3, 0.4) is 0 Å². The Bertz CT molecular complexity index is 545. The zero-order valence-electron chi connectivity index (χ0n) is 11.7. The Balaban J connectivity index is 1.93. The first-order valence-corrected chi connectivity index (χ1v) is 6.91. The number of amides is 1. The molecule has 0 radical (unpaired) electrons. The van der Waals surface area contributed by atoms with Crippen molar-refractivity contribution in [3.8, 4) is 0 Å². The van der Waals surface area contributed by atoms with E-state index >= 15 is 0 Å². The van der Waals surface area contributed by atoms with Gasteiger partial charge >= 0.3 is 5.97 Å². The second-order valence-electron chi connectivity index (χ2n) is 5.82. The molecule has 1 aromatic heterocycles. The normalized spacial score (nSPS) is 31.4. The number of aromatic nitrogens is 1. The molecule has 2 heterocycles. The van der Waals surface area contributed by atoms with Crippen molar-refractivity contribution in [3.63, 3.8) is 0 Å². The number of rotatable bonds is 2. The molecule has 1 aromatic rings. The van der Waals surface area contributed by atoms with Gasteiger partial charge in [0, 0.05) is 18.7 Å². The molecule has 0 aromatic carbocycles. The number of piperidine rings is 1. The van der Waals surface area contributed by atoms with Crippen molar-refractivity contribution in [2.45, 2.75) is 37.8 Å². The van der Waals surface area contributed by atoms with Gasteiger partial charge in [-0.2, -0.15) is 0 Å². The lowest BCUT2D eigenvalue weighted by atomic mass is 9.64. The molecule has 5 heteroatoms. The zero-order chi connectivity index (χ0) is 14.3. The molecule has 20 heavy (non-hydrogen) atoms. The first-order chi connectivity index (χ1) is 9.58. The molecule has 0 spiro atoms. The molecule has 1 saturated heterocycles. The van der Waals surface area contributed by atoms with Crippen LogP contribution in [0.5, 0.6) is 0 Å². The fourth-order valence-electron chi connectivity index (χ4n) is 3.74. The Kier molecular flexibility index (Phi) is 3.00. The maximum Gasteiger partial charge on any atom is 0.331 e. The van der Waals surface area contributed by atoms with E-state index in [2.05, 4.69) is 11.9 Å². The van der Waals surface area contributed by atoms with Crippen molar-refractivity contribution in [1.29, 1.82) is 0 Å². The first kappa shape index (κ1) is 13.1. The van der Waals surface area contributed by atoms with E-state index in [0.29, 0.717) is 24.5 Å². The number of hydrogen-bond acceptors (Lipinski definition) is 4. The van der Waals surface area contributed by atoms with Crippen molar-refractivity contribution in [1.82, 2.24) is 9.88 Å². The maximum atomic E-state index is 12.6. The van der Waals surface area contributed by atoms with E-state index in [1.54, 1.807) is 29.3 Å². The Morgan fingerprint density at radius 1 is 1.40 bits per heavy atom. The monoisotopic (exact) mass is 274 g/mol. The van der Waals surface area contributed by atoms with Crippen LogP contribution in [0.15, 0.2) is 24.4 Å². The average molecular weight is 274 g/mol. The van der Waals surface area contributed by atoms with E-state index in [1.807, 2.05) is 0 Å². The summed E-state index contributed by atoms with van der Waals surface area (Å²) in [6.45, 7) is 2.12. The smallest absolute Gasteiger partial charge is 0.331 e. The van der Waals surface area contributed by atoms with Crippen LogP contribution in [0.25, 0.3) is 0 Å².